The van der Waals surface area contributed by atoms with Crippen molar-refractivity contribution in [3.8, 4) is 0 Å². The normalized spacial score (nSPS) is 22.5. The van der Waals surface area contributed by atoms with Crippen molar-refractivity contribution in [2.24, 2.45) is 5.73 Å². The third-order valence-corrected chi connectivity index (χ3v) is 5.03. The number of ether oxygens (including phenoxy) is 1. The molecule has 0 radical (unpaired) electrons. The Kier molecular flexibility index (Phi) is 9.17. The van der Waals surface area contributed by atoms with Crippen molar-refractivity contribution in [2.75, 3.05) is 26.2 Å². The highest BCUT2D eigenvalue weighted by atomic mass is 35.5. The molecule has 1 aromatic rings. The van der Waals surface area contributed by atoms with Crippen LogP contribution in [0.15, 0.2) is 30.3 Å². The number of benzene rings is 1. The minimum absolute atomic E-state index is 0. The summed E-state index contributed by atoms with van der Waals surface area (Å²) in [7, 11) is 0. The van der Waals surface area contributed by atoms with Gasteiger partial charge in [-0.1, -0.05) is 43.2 Å². The molecule has 1 atom stereocenters. The van der Waals surface area contributed by atoms with Crippen LogP contribution in [0, 0.1) is 0 Å². The zero-order valence-electron chi connectivity index (χ0n) is 14.5. The van der Waals surface area contributed by atoms with E-state index in [-0.39, 0.29) is 36.3 Å². The molecule has 1 aliphatic heterocycles. The van der Waals surface area contributed by atoms with Gasteiger partial charge in [-0.25, -0.2) is 0 Å². The zero-order valence-corrected chi connectivity index (χ0v) is 16.1. The molecule has 1 aromatic carbocycles. The summed E-state index contributed by atoms with van der Waals surface area (Å²) in [5, 5.41) is 3.18. The van der Waals surface area contributed by atoms with Gasteiger partial charge < -0.3 is 15.8 Å². The maximum absolute atomic E-state index is 12.6. The molecule has 0 spiro atoms. The number of carbonyl (C=O) groups excluding carboxylic acids is 1. The lowest BCUT2D eigenvalue weighted by molar-refractivity contribution is -0.140. The first-order valence-electron chi connectivity index (χ1n) is 8.61. The van der Waals surface area contributed by atoms with Crippen LogP contribution < -0.4 is 11.1 Å². The van der Waals surface area contributed by atoms with E-state index in [0.29, 0.717) is 19.7 Å². The first kappa shape index (κ1) is 22.2. The minimum Gasteiger partial charge on any atom is -0.366 e. The van der Waals surface area contributed by atoms with E-state index in [9.17, 15) is 4.79 Å². The number of nitrogens with one attached hydrogen (secondary N) is 1. The van der Waals surface area contributed by atoms with Gasteiger partial charge in [0.2, 0.25) is 0 Å². The van der Waals surface area contributed by atoms with Gasteiger partial charge in [-0.2, -0.15) is 0 Å². The molecule has 5 nitrogen and oxygen atoms in total. The lowest BCUT2D eigenvalue weighted by atomic mass is 9.97. The fourth-order valence-electron chi connectivity index (χ4n) is 3.62. The Labute approximate surface area is 162 Å². The number of amides is 1. The average molecular weight is 390 g/mol. The van der Waals surface area contributed by atoms with E-state index in [0.717, 1.165) is 38.8 Å². The van der Waals surface area contributed by atoms with Crippen molar-refractivity contribution >= 4 is 30.7 Å². The fraction of sp³-hybridized carbons (Fsp3) is 0.611. The van der Waals surface area contributed by atoms with Gasteiger partial charge in [0.15, 0.2) is 0 Å². The summed E-state index contributed by atoms with van der Waals surface area (Å²) < 4.78 is 5.71. The molecule has 1 aliphatic carbocycles. The maximum atomic E-state index is 12.6. The molecule has 3 N–H and O–H groups in total. The van der Waals surface area contributed by atoms with Gasteiger partial charge in [0, 0.05) is 26.2 Å². The topological polar surface area (TPSA) is 67.6 Å². The monoisotopic (exact) mass is 389 g/mol. The number of rotatable bonds is 5. The van der Waals surface area contributed by atoms with Crippen molar-refractivity contribution in [3.05, 3.63) is 35.9 Å². The molecule has 1 saturated heterocycles. The summed E-state index contributed by atoms with van der Waals surface area (Å²) in [4.78, 5) is 14.9. The van der Waals surface area contributed by atoms with E-state index in [1.807, 2.05) is 18.2 Å². The molecule has 25 heavy (non-hydrogen) atoms. The number of hydrogen-bond donors (Lipinski definition) is 2. The second-order valence-electron chi connectivity index (χ2n) is 6.76. The van der Waals surface area contributed by atoms with Gasteiger partial charge in [0.1, 0.15) is 6.10 Å². The lowest BCUT2D eigenvalue weighted by Gasteiger charge is -2.35. The van der Waals surface area contributed by atoms with Gasteiger partial charge in [0.05, 0.1) is 12.1 Å². The van der Waals surface area contributed by atoms with Crippen LogP contribution in [0.1, 0.15) is 31.2 Å². The smallest absolute Gasteiger partial charge is 0.250 e. The number of carbonyl (C=O) groups is 1. The Morgan fingerprint density at radius 3 is 2.56 bits per heavy atom. The highest BCUT2D eigenvalue weighted by Gasteiger charge is 2.37. The van der Waals surface area contributed by atoms with Crippen molar-refractivity contribution in [1.29, 1.82) is 0 Å². The molecule has 0 aromatic heterocycles. The van der Waals surface area contributed by atoms with Crippen LogP contribution in [0.3, 0.4) is 0 Å². The number of hydrogen-bond acceptors (Lipinski definition) is 4. The molecule has 1 saturated carbocycles. The van der Waals surface area contributed by atoms with Gasteiger partial charge in [-0.3, -0.25) is 9.69 Å². The zero-order chi connectivity index (χ0) is 16.1. The Hall–Kier alpha value is -0.850. The fourth-order valence-corrected chi connectivity index (χ4v) is 3.62. The largest absolute Gasteiger partial charge is 0.366 e. The molecular weight excluding hydrogens is 361 g/mol. The second kappa shape index (κ2) is 10.3. The van der Waals surface area contributed by atoms with Crippen molar-refractivity contribution in [2.45, 2.75) is 43.9 Å². The number of halogens is 2. The summed E-state index contributed by atoms with van der Waals surface area (Å²) in [5.74, 6) is -0.00453. The molecule has 3 rings (SSSR count). The standard InChI is InChI=1S/C18H27N3O2.2ClH/c19-14-18(8-4-5-9-18)20-17(22)16-13-21(10-11-23-16)12-15-6-2-1-3-7-15;;/h1-3,6-7,16H,4-5,8-14,19H2,(H,20,22);2*1H. The average Bonchev–Trinajstić information content (AvgIpc) is 3.05. The molecule has 7 heteroatoms. The van der Waals surface area contributed by atoms with Crippen LogP contribution in [-0.4, -0.2) is 48.7 Å². The third-order valence-electron chi connectivity index (χ3n) is 5.03. The Bertz CT molecular complexity index is 524. The first-order chi connectivity index (χ1) is 11.2. The highest BCUT2D eigenvalue weighted by molar-refractivity contribution is 5.85. The highest BCUT2D eigenvalue weighted by Crippen LogP contribution is 2.28. The molecule has 142 valence electrons. The van der Waals surface area contributed by atoms with Gasteiger partial charge in [-0.05, 0) is 18.4 Å². The molecule has 2 aliphatic rings. The van der Waals surface area contributed by atoms with Crippen LogP contribution in [0.2, 0.25) is 0 Å². The third kappa shape index (κ3) is 5.83. The summed E-state index contributed by atoms with van der Waals surface area (Å²) in [6.07, 6.45) is 3.86. The van der Waals surface area contributed by atoms with E-state index in [2.05, 4.69) is 22.3 Å². The Morgan fingerprint density at radius 1 is 1.24 bits per heavy atom. The second-order valence-corrected chi connectivity index (χ2v) is 6.76. The molecule has 1 heterocycles. The van der Waals surface area contributed by atoms with Crippen molar-refractivity contribution < 1.29 is 9.53 Å². The van der Waals surface area contributed by atoms with E-state index in [1.54, 1.807) is 0 Å². The van der Waals surface area contributed by atoms with Crippen LogP contribution >= 0.6 is 24.8 Å². The lowest BCUT2D eigenvalue weighted by Crippen LogP contribution is -2.57. The van der Waals surface area contributed by atoms with Crippen molar-refractivity contribution in [3.63, 3.8) is 0 Å². The molecule has 1 amide bonds. The van der Waals surface area contributed by atoms with Crippen molar-refractivity contribution in [1.82, 2.24) is 10.2 Å². The molecule has 2 fully saturated rings. The first-order valence-corrected chi connectivity index (χ1v) is 8.61. The van der Waals surface area contributed by atoms with Crippen LogP contribution in [0.25, 0.3) is 0 Å². The molecular formula is C18H29Cl2N3O2. The van der Waals surface area contributed by atoms with Crippen LogP contribution in [0.5, 0.6) is 0 Å². The van der Waals surface area contributed by atoms with E-state index in [4.69, 9.17) is 10.5 Å². The molecule has 0 bridgehead atoms. The van der Waals surface area contributed by atoms with Gasteiger partial charge in [0.25, 0.3) is 5.91 Å². The summed E-state index contributed by atoms with van der Waals surface area (Å²) in [5.41, 5.74) is 6.97. The number of morpholine rings is 1. The van der Waals surface area contributed by atoms with E-state index < -0.39 is 6.10 Å². The van der Waals surface area contributed by atoms with Crippen LogP contribution in [0.4, 0.5) is 0 Å². The SMILES string of the molecule is Cl.Cl.NCC1(NC(=O)C2CN(Cc3ccccc3)CCO2)CCCC1. The van der Waals surface area contributed by atoms with Crippen LogP contribution in [-0.2, 0) is 16.1 Å². The summed E-state index contributed by atoms with van der Waals surface area (Å²) >= 11 is 0. The Morgan fingerprint density at radius 2 is 1.92 bits per heavy atom. The minimum atomic E-state index is -0.392. The number of nitrogens with two attached hydrogens (primary N) is 1. The number of nitrogens with zero attached hydrogens (tertiary/aromatic N) is 1. The summed E-state index contributed by atoms with van der Waals surface area (Å²) in [6.45, 7) is 3.47. The predicted octanol–water partition coefficient (Wildman–Crippen LogP) is 2.12. The van der Waals surface area contributed by atoms with E-state index >= 15 is 0 Å². The quantitative estimate of drug-likeness (QED) is 0.808. The Balaban J connectivity index is 0.00000156. The van der Waals surface area contributed by atoms with Gasteiger partial charge >= 0.3 is 0 Å². The van der Waals surface area contributed by atoms with E-state index in [1.165, 1.54) is 5.56 Å². The maximum Gasteiger partial charge on any atom is 0.250 e. The molecule has 1 unspecified atom stereocenters. The van der Waals surface area contributed by atoms with Gasteiger partial charge in [-0.15, -0.1) is 24.8 Å². The predicted molar refractivity (Wildman–Crippen MR) is 104 cm³/mol. The summed E-state index contributed by atoms with van der Waals surface area (Å²) in [6, 6.07) is 10.3.